The number of anilines is 1. The van der Waals surface area contributed by atoms with E-state index in [1.165, 1.54) is 0 Å². The van der Waals surface area contributed by atoms with Crippen LogP contribution in [0.25, 0.3) is 0 Å². The van der Waals surface area contributed by atoms with Crippen molar-refractivity contribution in [3.8, 4) is 11.5 Å². The zero-order valence-corrected chi connectivity index (χ0v) is 16.6. The number of para-hydroxylation sites is 1. The lowest BCUT2D eigenvalue weighted by atomic mass is 10.1. The minimum Gasteiger partial charge on any atom is -0.457 e. The summed E-state index contributed by atoms with van der Waals surface area (Å²) < 4.78 is 5.75. The Bertz CT molecular complexity index is 965. The molecule has 3 aromatic carbocycles. The predicted octanol–water partition coefficient (Wildman–Crippen LogP) is 5.21. The molecule has 0 bridgehead atoms. The highest BCUT2D eigenvalue weighted by molar-refractivity contribution is 6.06. The Morgan fingerprint density at radius 2 is 1.41 bits per heavy atom. The van der Waals surface area contributed by atoms with E-state index < -0.39 is 0 Å². The van der Waals surface area contributed by atoms with Gasteiger partial charge in [-0.15, -0.1) is 0 Å². The number of rotatable bonds is 7. The van der Waals surface area contributed by atoms with Gasteiger partial charge in [0.05, 0.1) is 0 Å². The third-order valence-electron chi connectivity index (χ3n) is 4.51. The molecule has 3 rings (SSSR count). The zero-order valence-electron chi connectivity index (χ0n) is 16.6. The summed E-state index contributed by atoms with van der Waals surface area (Å²) in [4.78, 5) is 26.8. The number of carbonyl (C=O) groups is 2. The molecule has 0 aliphatic rings. The van der Waals surface area contributed by atoms with Crippen molar-refractivity contribution in [2.75, 3.05) is 18.4 Å². The lowest BCUT2D eigenvalue weighted by Gasteiger charge is -2.18. The molecule has 148 valence electrons. The normalized spacial score (nSPS) is 10.3. The molecule has 0 heterocycles. The zero-order chi connectivity index (χ0) is 20.6. The summed E-state index contributed by atoms with van der Waals surface area (Å²) >= 11 is 0. The second kappa shape index (κ2) is 9.55. The Morgan fingerprint density at radius 3 is 2.07 bits per heavy atom. The average molecular weight is 388 g/mol. The molecule has 2 amide bonds. The highest BCUT2D eigenvalue weighted by Crippen LogP contribution is 2.23. The lowest BCUT2D eigenvalue weighted by molar-refractivity contribution is 0.0773. The van der Waals surface area contributed by atoms with E-state index in [-0.39, 0.29) is 11.8 Å². The summed E-state index contributed by atoms with van der Waals surface area (Å²) in [5, 5.41) is 2.85. The maximum absolute atomic E-state index is 12.6. The van der Waals surface area contributed by atoms with E-state index in [0.29, 0.717) is 35.7 Å². The molecule has 0 aromatic heterocycles. The van der Waals surface area contributed by atoms with Gasteiger partial charge >= 0.3 is 0 Å². The molecule has 0 spiro atoms. The highest BCUT2D eigenvalue weighted by Gasteiger charge is 2.15. The minimum atomic E-state index is -0.268. The van der Waals surface area contributed by atoms with E-state index in [2.05, 4.69) is 5.32 Å². The van der Waals surface area contributed by atoms with Crippen molar-refractivity contribution in [2.24, 2.45) is 0 Å². The number of nitrogens with zero attached hydrogens (tertiary/aromatic N) is 1. The van der Waals surface area contributed by atoms with Gasteiger partial charge < -0.3 is 15.0 Å². The van der Waals surface area contributed by atoms with Crippen LogP contribution >= 0.6 is 0 Å². The second-order valence-corrected chi connectivity index (χ2v) is 6.45. The van der Waals surface area contributed by atoms with Crippen LogP contribution in [0.3, 0.4) is 0 Å². The highest BCUT2D eigenvalue weighted by atomic mass is 16.5. The van der Waals surface area contributed by atoms with Gasteiger partial charge in [0, 0.05) is 29.9 Å². The maximum Gasteiger partial charge on any atom is 0.255 e. The van der Waals surface area contributed by atoms with Crippen LogP contribution in [0.4, 0.5) is 5.69 Å². The molecule has 0 atom stereocenters. The fourth-order valence-electron chi connectivity index (χ4n) is 2.92. The summed E-state index contributed by atoms with van der Waals surface area (Å²) in [6.07, 6.45) is 0. The first-order valence-electron chi connectivity index (χ1n) is 9.64. The molecule has 3 aromatic rings. The molecule has 0 fully saturated rings. The Morgan fingerprint density at radius 1 is 0.793 bits per heavy atom. The van der Waals surface area contributed by atoms with Crippen molar-refractivity contribution in [1.29, 1.82) is 0 Å². The van der Waals surface area contributed by atoms with Crippen LogP contribution in [0.15, 0.2) is 78.9 Å². The first-order chi connectivity index (χ1) is 14.1. The fourth-order valence-corrected chi connectivity index (χ4v) is 2.92. The van der Waals surface area contributed by atoms with Gasteiger partial charge in [-0.25, -0.2) is 0 Å². The number of ether oxygens (including phenoxy) is 1. The first-order valence-corrected chi connectivity index (χ1v) is 9.64. The van der Waals surface area contributed by atoms with Crippen LogP contribution < -0.4 is 10.1 Å². The quantitative estimate of drug-likeness (QED) is 0.604. The smallest absolute Gasteiger partial charge is 0.255 e. The van der Waals surface area contributed by atoms with Crippen LogP contribution in [0.5, 0.6) is 11.5 Å². The Labute approximate surface area is 170 Å². The van der Waals surface area contributed by atoms with Gasteiger partial charge in [0.15, 0.2) is 0 Å². The van der Waals surface area contributed by atoms with Gasteiger partial charge in [0.1, 0.15) is 11.5 Å². The number of carbonyl (C=O) groups excluding carboxylic acids is 2. The van der Waals surface area contributed by atoms with Crippen molar-refractivity contribution >= 4 is 17.5 Å². The van der Waals surface area contributed by atoms with Crippen LogP contribution in [0.2, 0.25) is 0 Å². The summed E-state index contributed by atoms with van der Waals surface area (Å²) in [7, 11) is 0. The molecule has 0 radical (unpaired) electrons. The molecular formula is C24H24N2O3. The van der Waals surface area contributed by atoms with Crippen molar-refractivity contribution in [3.05, 3.63) is 90.0 Å². The summed E-state index contributed by atoms with van der Waals surface area (Å²) in [5.41, 5.74) is 1.59. The van der Waals surface area contributed by atoms with E-state index in [1.807, 2.05) is 44.2 Å². The number of amides is 2. The summed E-state index contributed by atoms with van der Waals surface area (Å²) in [6, 6.07) is 23.4. The average Bonchev–Trinajstić information content (AvgIpc) is 2.76. The van der Waals surface area contributed by atoms with Crippen molar-refractivity contribution in [1.82, 2.24) is 4.90 Å². The van der Waals surface area contributed by atoms with Crippen LogP contribution in [-0.4, -0.2) is 29.8 Å². The molecule has 0 aliphatic heterocycles. The lowest BCUT2D eigenvalue weighted by Crippen LogP contribution is -2.30. The second-order valence-electron chi connectivity index (χ2n) is 6.45. The predicted molar refractivity (Wildman–Crippen MR) is 115 cm³/mol. The standard InChI is InChI=1S/C24H24N2O3/c1-3-26(4-2)24(28)19-10-8-9-18(17-19)23(27)25-20-13-15-22(16-14-20)29-21-11-6-5-7-12-21/h5-17H,3-4H2,1-2H3,(H,25,27). The monoisotopic (exact) mass is 388 g/mol. The van der Waals surface area contributed by atoms with E-state index in [9.17, 15) is 9.59 Å². The van der Waals surface area contributed by atoms with Gasteiger partial charge in [-0.1, -0.05) is 24.3 Å². The largest absolute Gasteiger partial charge is 0.457 e. The van der Waals surface area contributed by atoms with E-state index in [0.717, 1.165) is 5.75 Å². The summed E-state index contributed by atoms with van der Waals surface area (Å²) in [6.45, 7) is 5.12. The van der Waals surface area contributed by atoms with Crippen molar-refractivity contribution in [3.63, 3.8) is 0 Å². The summed E-state index contributed by atoms with van der Waals surface area (Å²) in [5.74, 6) is 1.09. The van der Waals surface area contributed by atoms with Crippen LogP contribution in [0.1, 0.15) is 34.6 Å². The number of benzene rings is 3. The topological polar surface area (TPSA) is 58.6 Å². The van der Waals surface area contributed by atoms with Gasteiger partial charge in [0.25, 0.3) is 11.8 Å². The van der Waals surface area contributed by atoms with E-state index >= 15 is 0 Å². The van der Waals surface area contributed by atoms with Crippen molar-refractivity contribution < 1.29 is 14.3 Å². The number of nitrogens with one attached hydrogen (secondary N) is 1. The Balaban J connectivity index is 1.67. The van der Waals surface area contributed by atoms with Gasteiger partial charge in [-0.3, -0.25) is 9.59 Å². The first kappa shape index (κ1) is 20.1. The molecule has 5 heteroatoms. The maximum atomic E-state index is 12.6. The molecular weight excluding hydrogens is 364 g/mol. The fraction of sp³-hybridized carbons (Fsp3) is 0.167. The van der Waals surface area contributed by atoms with Gasteiger partial charge in [0.2, 0.25) is 0 Å². The van der Waals surface area contributed by atoms with Gasteiger partial charge in [-0.2, -0.15) is 0 Å². The Kier molecular flexibility index (Phi) is 6.63. The molecule has 29 heavy (non-hydrogen) atoms. The SMILES string of the molecule is CCN(CC)C(=O)c1cccc(C(=O)Nc2ccc(Oc3ccccc3)cc2)c1. The molecule has 0 saturated carbocycles. The number of hydrogen-bond acceptors (Lipinski definition) is 3. The van der Waals surface area contributed by atoms with Crippen LogP contribution in [0, 0.1) is 0 Å². The minimum absolute atomic E-state index is 0.0768. The van der Waals surface area contributed by atoms with Gasteiger partial charge in [-0.05, 0) is 68.4 Å². The van der Waals surface area contributed by atoms with E-state index in [1.54, 1.807) is 53.4 Å². The third kappa shape index (κ3) is 5.23. The molecule has 1 N–H and O–H groups in total. The molecule has 0 unspecified atom stereocenters. The molecule has 5 nitrogen and oxygen atoms in total. The molecule has 0 saturated heterocycles. The number of hydrogen-bond donors (Lipinski definition) is 1. The molecule has 0 aliphatic carbocycles. The Hall–Kier alpha value is -3.60. The van der Waals surface area contributed by atoms with Crippen LogP contribution in [-0.2, 0) is 0 Å². The third-order valence-corrected chi connectivity index (χ3v) is 4.51. The van der Waals surface area contributed by atoms with Crippen molar-refractivity contribution in [2.45, 2.75) is 13.8 Å². The van der Waals surface area contributed by atoms with E-state index in [4.69, 9.17) is 4.74 Å².